The number of amides is 1. The molecule has 2 heterocycles. The second-order valence-electron chi connectivity index (χ2n) is 5.89. The Morgan fingerprint density at radius 1 is 1.27 bits per heavy atom. The maximum Gasteiger partial charge on any atom is 0.289 e. The molecule has 1 aliphatic heterocycles. The van der Waals surface area contributed by atoms with Crippen LogP contribution < -0.4 is 5.32 Å². The number of hydrogen-bond donors (Lipinski definition) is 1. The van der Waals surface area contributed by atoms with Crippen LogP contribution in [0.5, 0.6) is 0 Å². The van der Waals surface area contributed by atoms with Gasteiger partial charge in [0, 0.05) is 44.2 Å². The summed E-state index contributed by atoms with van der Waals surface area (Å²) in [5.41, 5.74) is 0.817. The number of guanidine groups is 1. The van der Waals surface area contributed by atoms with Gasteiger partial charge in [0.1, 0.15) is 5.82 Å². The van der Waals surface area contributed by atoms with Gasteiger partial charge in [0.2, 0.25) is 0 Å². The number of carbonyl (C=O) groups excluding carboxylic acids is 1. The molecule has 1 aliphatic rings. The van der Waals surface area contributed by atoms with Crippen molar-refractivity contribution < 1.29 is 13.6 Å². The zero-order chi connectivity index (χ0) is 18.5. The molecule has 1 aromatic heterocycles. The van der Waals surface area contributed by atoms with Gasteiger partial charge in [-0.3, -0.25) is 9.79 Å². The van der Waals surface area contributed by atoms with Crippen molar-refractivity contribution >= 4 is 27.8 Å². The maximum absolute atomic E-state index is 13.4. The Kier molecular flexibility index (Phi) is 5.92. The molecular formula is C18H20BrFN4O2. The summed E-state index contributed by atoms with van der Waals surface area (Å²) >= 11 is 3.43. The van der Waals surface area contributed by atoms with Crippen molar-refractivity contribution in [3.8, 4) is 0 Å². The minimum absolute atomic E-state index is 0.0960. The van der Waals surface area contributed by atoms with E-state index < -0.39 is 0 Å². The van der Waals surface area contributed by atoms with Crippen molar-refractivity contribution in [2.45, 2.75) is 6.54 Å². The zero-order valence-corrected chi connectivity index (χ0v) is 16.0. The van der Waals surface area contributed by atoms with E-state index in [0.29, 0.717) is 38.5 Å². The van der Waals surface area contributed by atoms with Gasteiger partial charge in [0.15, 0.2) is 11.7 Å². The molecule has 0 bridgehead atoms. The summed E-state index contributed by atoms with van der Waals surface area (Å²) in [5.74, 6) is 0.717. The van der Waals surface area contributed by atoms with Gasteiger partial charge in [-0.25, -0.2) is 4.39 Å². The van der Waals surface area contributed by atoms with E-state index in [-0.39, 0.29) is 11.7 Å². The molecule has 0 spiro atoms. The number of piperazine rings is 1. The van der Waals surface area contributed by atoms with Crippen molar-refractivity contribution in [2.24, 2.45) is 4.99 Å². The van der Waals surface area contributed by atoms with Crippen LogP contribution in [0, 0.1) is 5.82 Å². The number of halogens is 2. The predicted molar refractivity (Wildman–Crippen MR) is 100 cm³/mol. The van der Waals surface area contributed by atoms with E-state index in [2.05, 4.69) is 31.1 Å². The van der Waals surface area contributed by atoms with Crippen LogP contribution in [0.3, 0.4) is 0 Å². The highest BCUT2D eigenvalue weighted by Gasteiger charge is 2.25. The molecule has 138 valence electrons. The van der Waals surface area contributed by atoms with Crippen LogP contribution in [0.4, 0.5) is 4.39 Å². The third-order valence-electron chi connectivity index (χ3n) is 4.25. The highest BCUT2D eigenvalue weighted by atomic mass is 79.9. The Hall–Kier alpha value is -2.35. The Labute approximate surface area is 159 Å². The number of nitrogens with zero attached hydrogens (tertiary/aromatic N) is 3. The monoisotopic (exact) mass is 422 g/mol. The van der Waals surface area contributed by atoms with E-state index >= 15 is 0 Å². The second kappa shape index (κ2) is 8.35. The molecule has 3 rings (SSSR count). The minimum Gasteiger partial charge on any atom is -0.459 e. The standard InChI is InChI=1S/C18H20BrFN4O2/c1-21-18(22-12-13-11-14(20)4-5-15(13)19)24-8-6-23(7-9-24)17(25)16-3-2-10-26-16/h2-5,10-11H,6-9,12H2,1H3,(H,21,22). The fraction of sp³-hybridized carbons (Fsp3) is 0.333. The first-order valence-electron chi connectivity index (χ1n) is 8.31. The molecule has 1 fully saturated rings. The van der Waals surface area contributed by atoms with Gasteiger partial charge in [-0.2, -0.15) is 0 Å². The third kappa shape index (κ3) is 4.24. The lowest BCUT2D eigenvalue weighted by Crippen LogP contribution is -2.53. The van der Waals surface area contributed by atoms with E-state index in [1.807, 2.05) is 0 Å². The van der Waals surface area contributed by atoms with E-state index in [9.17, 15) is 9.18 Å². The normalized spacial score (nSPS) is 15.3. The van der Waals surface area contributed by atoms with Crippen LogP contribution in [0.1, 0.15) is 16.1 Å². The summed E-state index contributed by atoms with van der Waals surface area (Å²) < 4.78 is 19.4. The van der Waals surface area contributed by atoms with Crippen molar-refractivity contribution in [1.29, 1.82) is 0 Å². The third-order valence-corrected chi connectivity index (χ3v) is 5.03. The molecule has 0 saturated carbocycles. The number of hydrogen-bond acceptors (Lipinski definition) is 3. The molecule has 6 nitrogen and oxygen atoms in total. The molecule has 2 aromatic rings. The van der Waals surface area contributed by atoms with Crippen molar-refractivity contribution in [1.82, 2.24) is 15.1 Å². The lowest BCUT2D eigenvalue weighted by Gasteiger charge is -2.36. The van der Waals surface area contributed by atoms with Crippen LogP contribution in [0.2, 0.25) is 0 Å². The average molecular weight is 423 g/mol. The molecule has 1 aromatic carbocycles. The quantitative estimate of drug-likeness (QED) is 0.610. The first-order chi connectivity index (χ1) is 12.6. The van der Waals surface area contributed by atoms with Crippen LogP contribution in [-0.2, 0) is 6.54 Å². The molecule has 1 saturated heterocycles. The van der Waals surface area contributed by atoms with Gasteiger partial charge in [-0.05, 0) is 35.9 Å². The highest BCUT2D eigenvalue weighted by molar-refractivity contribution is 9.10. The van der Waals surface area contributed by atoms with Crippen LogP contribution in [0.15, 0.2) is 50.5 Å². The molecule has 0 atom stereocenters. The lowest BCUT2D eigenvalue weighted by atomic mass is 10.2. The minimum atomic E-state index is -0.273. The van der Waals surface area contributed by atoms with Gasteiger partial charge in [0.25, 0.3) is 5.91 Å². The zero-order valence-electron chi connectivity index (χ0n) is 14.4. The molecule has 1 N–H and O–H groups in total. The van der Waals surface area contributed by atoms with Gasteiger partial charge in [-0.1, -0.05) is 15.9 Å². The first-order valence-corrected chi connectivity index (χ1v) is 9.10. The Bertz CT molecular complexity index is 786. The van der Waals surface area contributed by atoms with Crippen molar-refractivity contribution in [2.75, 3.05) is 33.2 Å². The molecule has 1 amide bonds. The van der Waals surface area contributed by atoms with Crippen molar-refractivity contribution in [3.05, 3.63) is 58.2 Å². The number of aliphatic imine (C=N–C) groups is 1. The number of rotatable bonds is 3. The van der Waals surface area contributed by atoms with E-state index in [4.69, 9.17) is 4.42 Å². The molecule has 0 aliphatic carbocycles. The molecule has 0 radical (unpaired) electrons. The van der Waals surface area contributed by atoms with E-state index in [1.165, 1.54) is 18.4 Å². The Balaban J connectivity index is 1.55. The number of nitrogens with one attached hydrogen (secondary N) is 1. The Morgan fingerprint density at radius 2 is 2.00 bits per heavy atom. The second-order valence-corrected chi connectivity index (χ2v) is 6.75. The predicted octanol–water partition coefficient (Wildman–Crippen LogP) is 2.71. The molecule has 26 heavy (non-hydrogen) atoms. The molecule has 8 heteroatoms. The summed E-state index contributed by atoms with van der Waals surface area (Å²) in [4.78, 5) is 20.5. The topological polar surface area (TPSA) is 61.1 Å². The fourth-order valence-corrected chi connectivity index (χ4v) is 3.25. The van der Waals surface area contributed by atoms with Crippen molar-refractivity contribution in [3.63, 3.8) is 0 Å². The Morgan fingerprint density at radius 3 is 2.65 bits per heavy atom. The number of carbonyl (C=O) groups is 1. The SMILES string of the molecule is CN=C(NCc1cc(F)ccc1Br)N1CCN(C(=O)c2ccco2)CC1. The van der Waals surface area contributed by atoms with Gasteiger partial charge in [0.05, 0.1) is 6.26 Å². The number of furan rings is 1. The highest BCUT2D eigenvalue weighted by Crippen LogP contribution is 2.18. The summed E-state index contributed by atoms with van der Waals surface area (Å²) in [6.45, 7) is 2.96. The largest absolute Gasteiger partial charge is 0.459 e. The smallest absolute Gasteiger partial charge is 0.289 e. The molecule has 0 unspecified atom stereocenters. The van der Waals surface area contributed by atoms with Gasteiger partial charge in [-0.15, -0.1) is 0 Å². The lowest BCUT2D eigenvalue weighted by molar-refractivity contribution is 0.0657. The first kappa shape index (κ1) is 18.4. The summed E-state index contributed by atoms with van der Waals surface area (Å²) in [7, 11) is 1.71. The van der Waals surface area contributed by atoms with E-state index in [1.54, 1.807) is 30.1 Å². The fourth-order valence-electron chi connectivity index (χ4n) is 2.86. The van der Waals surface area contributed by atoms with Gasteiger partial charge < -0.3 is 19.5 Å². The van der Waals surface area contributed by atoms with Crippen LogP contribution in [0.25, 0.3) is 0 Å². The average Bonchev–Trinajstić information content (AvgIpc) is 3.19. The van der Waals surface area contributed by atoms with E-state index in [0.717, 1.165) is 16.0 Å². The van der Waals surface area contributed by atoms with Crippen LogP contribution in [-0.4, -0.2) is 54.9 Å². The van der Waals surface area contributed by atoms with Gasteiger partial charge >= 0.3 is 0 Å². The summed E-state index contributed by atoms with van der Waals surface area (Å²) in [6.07, 6.45) is 1.50. The molecular weight excluding hydrogens is 403 g/mol. The summed E-state index contributed by atoms with van der Waals surface area (Å²) in [5, 5.41) is 3.25. The summed E-state index contributed by atoms with van der Waals surface area (Å²) in [6, 6.07) is 7.97. The maximum atomic E-state index is 13.4. The number of benzene rings is 1. The van der Waals surface area contributed by atoms with Crippen LogP contribution >= 0.6 is 15.9 Å².